The molecule has 1 aromatic rings. The monoisotopic (exact) mass is 406 g/mol. The summed E-state index contributed by atoms with van der Waals surface area (Å²) in [5, 5.41) is 12.6. The molecule has 1 aromatic carbocycles. The van der Waals surface area contributed by atoms with Crippen LogP contribution in [0.2, 0.25) is 5.02 Å². The van der Waals surface area contributed by atoms with Crippen LogP contribution in [0, 0.1) is 5.41 Å². The number of amides is 2. The lowest BCUT2D eigenvalue weighted by Crippen LogP contribution is -2.53. The molecule has 154 valence electrons. The van der Waals surface area contributed by atoms with Crippen LogP contribution in [0.4, 0.5) is 4.79 Å². The van der Waals surface area contributed by atoms with Gasteiger partial charge in [0, 0.05) is 24.2 Å². The maximum Gasteiger partial charge on any atom is 0.322 e. The van der Waals surface area contributed by atoms with Gasteiger partial charge in [-0.25, -0.2) is 4.79 Å². The Morgan fingerprint density at radius 2 is 2.00 bits per heavy atom. The topological polar surface area (TPSA) is 69.6 Å². The molecule has 5 nitrogen and oxygen atoms in total. The van der Waals surface area contributed by atoms with Crippen LogP contribution in [0.5, 0.6) is 0 Å². The highest BCUT2D eigenvalue weighted by molar-refractivity contribution is 6.31. The third kappa shape index (κ3) is 5.51. The molecule has 0 spiro atoms. The Morgan fingerprint density at radius 1 is 1.32 bits per heavy atom. The van der Waals surface area contributed by atoms with Crippen molar-refractivity contribution in [3.8, 4) is 0 Å². The van der Waals surface area contributed by atoms with Gasteiger partial charge in [-0.2, -0.15) is 0 Å². The maximum absolute atomic E-state index is 12.6. The first-order chi connectivity index (χ1) is 12.9. The molecule has 0 saturated carbocycles. The number of nitrogens with zero attached hydrogens (tertiary/aromatic N) is 1. The predicted octanol–water partition coefficient (Wildman–Crippen LogP) is 5.33. The minimum atomic E-state index is -0.857. The number of aryl methyl sites for hydroxylation is 1. The minimum absolute atomic E-state index is 0.0412. The maximum atomic E-state index is 12.6. The van der Waals surface area contributed by atoms with Crippen molar-refractivity contribution < 1.29 is 14.7 Å². The lowest BCUT2D eigenvalue weighted by molar-refractivity contribution is -0.137. The molecule has 1 heterocycles. The van der Waals surface area contributed by atoms with E-state index in [1.165, 1.54) is 0 Å². The number of carboxylic acids is 1. The van der Waals surface area contributed by atoms with Crippen LogP contribution >= 0.6 is 11.6 Å². The molecule has 0 fully saturated rings. The second-order valence-corrected chi connectivity index (χ2v) is 9.33. The van der Waals surface area contributed by atoms with E-state index in [1.807, 2.05) is 38.2 Å². The first-order valence-electron chi connectivity index (χ1n) is 9.71. The van der Waals surface area contributed by atoms with Gasteiger partial charge in [0.05, 0.1) is 5.54 Å². The number of rotatable bonds is 7. The van der Waals surface area contributed by atoms with Crippen LogP contribution in [-0.4, -0.2) is 28.6 Å². The summed E-state index contributed by atoms with van der Waals surface area (Å²) in [4.78, 5) is 24.8. The zero-order valence-corrected chi connectivity index (χ0v) is 18.2. The van der Waals surface area contributed by atoms with E-state index in [2.05, 4.69) is 26.1 Å². The van der Waals surface area contributed by atoms with Crippen molar-refractivity contribution in [3.05, 3.63) is 46.1 Å². The summed E-state index contributed by atoms with van der Waals surface area (Å²) in [5.74, 6) is -0.857. The minimum Gasteiger partial charge on any atom is -0.481 e. The summed E-state index contributed by atoms with van der Waals surface area (Å²) in [7, 11) is 0. The summed E-state index contributed by atoms with van der Waals surface area (Å²) in [5.41, 5.74) is 2.62. The number of hydrogen-bond acceptors (Lipinski definition) is 2. The van der Waals surface area contributed by atoms with Gasteiger partial charge >= 0.3 is 12.0 Å². The van der Waals surface area contributed by atoms with Crippen molar-refractivity contribution in [1.82, 2.24) is 10.2 Å². The summed E-state index contributed by atoms with van der Waals surface area (Å²) < 4.78 is 0. The molecule has 2 N–H and O–H groups in total. The van der Waals surface area contributed by atoms with Crippen molar-refractivity contribution in [2.45, 2.75) is 65.8 Å². The molecule has 6 heteroatoms. The van der Waals surface area contributed by atoms with E-state index in [0.717, 1.165) is 29.5 Å². The second kappa shape index (κ2) is 8.56. The first-order valence-corrected chi connectivity index (χ1v) is 10.1. The van der Waals surface area contributed by atoms with Crippen molar-refractivity contribution in [2.24, 2.45) is 5.41 Å². The van der Waals surface area contributed by atoms with Crippen molar-refractivity contribution in [3.63, 3.8) is 0 Å². The number of hydrogen-bond donors (Lipinski definition) is 2. The summed E-state index contributed by atoms with van der Waals surface area (Å²) in [6, 6.07) is 5.79. The van der Waals surface area contributed by atoms with E-state index < -0.39 is 11.5 Å². The van der Waals surface area contributed by atoms with E-state index in [9.17, 15) is 9.59 Å². The highest BCUT2D eigenvalue weighted by Crippen LogP contribution is 2.35. The number of carbonyl (C=O) groups excluding carboxylic acids is 1. The molecule has 0 aliphatic carbocycles. The molecule has 0 unspecified atom stereocenters. The largest absolute Gasteiger partial charge is 0.481 e. The van der Waals surface area contributed by atoms with Crippen LogP contribution in [-0.2, 0) is 16.8 Å². The fraction of sp³-hybridized carbons (Fsp3) is 0.545. The molecule has 1 aliphatic rings. The molecule has 2 rings (SSSR count). The van der Waals surface area contributed by atoms with Gasteiger partial charge in [0.1, 0.15) is 0 Å². The summed E-state index contributed by atoms with van der Waals surface area (Å²) in [6.07, 6.45) is 4.22. The Balaban J connectivity index is 2.18. The summed E-state index contributed by atoms with van der Waals surface area (Å²) in [6.45, 7) is 10.9. The van der Waals surface area contributed by atoms with E-state index in [-0.39, 0.29) is 17.9 Å². The van der Waals surface area contributed by atoms with E-state index in [4.69, 9.17) is 16.7 Å². The molecule has 1 aliphatic heterocycles. The average molecular weight is 407 g/mol. The van der Waals surface area contributed by atoms with Gasteiger partial charge < -0.3 is 15.3 Å². The fourth-order valence-corrected chi connectivity index (χ4v) is 3.52. The molecular weight excluding hydrogens is 376 g/mol. The smallest absolute Gasteiger partial charge is 0.322 e. The number of aliphatic carboxylic acids is 1. The van der Waals surface area contributed by atoms with Gasteiger partial charge in [0.15, 0.2) is 0 Å². The van der Waals surface area contributed by atoms with Gasteiger partial charge in [-0.1, -0.05) is 44.5 Å². The van der Waals surface area contributed by atoms with Gasteiger partial charge in [0.25, 0.3) is 0 Å². The van der Waals surface area contributed by atoms with Crippen LogP contribution in [0.25, 0.3) is 0 Å². The third-order valence-corrected chi connectivity index (χ3v) is 5.67. The second-order valence-electron chi connectivity index (χ2n) is 8.92. The zero-order valence-electron chi connectivity index (χ0n) is 17.4. The Morgan fingerprint density at radius 3 is 2.57 bits per heavy atom. The van der Waals surface area contributed by atoms with Gasteiger partial charge in [-0.15, -0.1) is 0 Å². The lowest BCUT2D eigenvalue weighted by atomic mass is 9.83. The number of nitrogens with one attached hydrogen (secondary N) is 1. The van der Waals surface area contributed by atoms with Gasteiger partial charge in [-0.3, -0.25) is 4.79 Å². The van der Waals surface area contributed by atoms with Crippen molar-refractivity contribution >= 4 is 23.6 Å². The van der Waals surface area contributed by atoms with Crippen LogP contribution in [0.3, 0.4) is 0 Å². The number of halogens is 1. The molecule has 0 saturated heterocycles. The quantitative estimate of drug-likeness (QED) is 0.643. The zero-order chi connectivity index (χ0) is 21.1. The fourth-order valence-electron chi connectivity index (χ4n) is 3.24. The number of carboxylic acid groups (broad SMARTS) is 1. The third-order valence-electron chi connectivity index (χ3n) is 5.32. The highest BCUT2D eigenvalue weighted by atomic mass is 35.5. The molecule has 2 amide bonds. The normalized spacial score (nSPS) is 20.0. The Hall–Kier alpha value is -2.01. The summed E-state index contributed by atoms with van der Waals surface area (Å²) >= 11 is 6.55. The molecular formula is C22H31ClN2O3. The van der Waals surface area contributed by atoms with E-state index in [0.29, 0.717) is 18.0 Å². The standard InChI is InChI=1S/C22H31ClN2O3/c1-15-14-25(12-6-7-19(26)27)20(28)24-22(15,5)17-9-8-16(18(23)13-17)10-11-21(2,3)4/h8-9,13-14H,6-7,10-12H2,1-5H3,(H,24,28)(H,26,27)/t22-/m0/s1. The van der Waals surface area contributed by atoms with Crippen molar-refractivity contribution in [2.75, 3.05) is 6.54 Å². The van der Waals surface area contributed by atoms with Gasteiger partial charge in [-0.05, 0) is 61.3 Å². The van der Waals surface area contributed by atoms with Crippen LogP contribution < -0.4 is 5.32 Å². The highest BCUT2D eigenvalue weighted by Gasteiger charge is 2.36. The predicted molar refractivity (Wildman–Crippen MR) is 112 cm³/mol. The Bertz CT molecular complexity index is 782. The van der Waals surface area contributed by atoms with E-state index >= 15 is 0 Å². The molecule has 28 heavy (non-hydrogen) atoms. The Labute approximate surface area is 172 Å². The van der Waals surface area contributed by atoms with Crippen LogP contribution in [0.1, 0.15) is 65.0 Å². The SMILES string of the molecule is CC1=CN(CCCC(=O)O)C(=O)N[C@]1(C)c1ccc(CCC(C)(C)C)c(Cl)c1. The number of urea groups is 1. The molecule has 0 radical (unpaired) electrons. The lowest BCUT2D eigenvalue weighted by Gasteiger charge is -2.39. The Kier molecular flexibility index (Phi) is 6.81. The van der Waals surface area contributed by atoms with Gasteiger partial charge in [0.2, 0.25) is 0 Å². The number of benzene rings is 1. The average Bonchev–Trinajstić information content (AvgIpc) is 2.57. The molecule has 0 bridgehead atoms. The van der Waals surface area contributed by atoms with Crippen LogP contribution in [0.15, 0.2) is 30.0 Å². The first kappa shape index (κ1) is 22.3. The van der Waals surface area contributed by atoms with E-state index in [1.54, 1.807) is 4.90 Å². The molecule has 0 aromatic heterocycles. The molecule has 1 atom stereocenters. The van der Waals surface area contributed by atoms with Crippen molar-refractivity contribution in [1.29, 1.82) is 0 Å². The number of carbonyl (C=O) groups is 2.